The number of thiazole rings is 1. The van der Waals surface area contributed by atoms with E-state index in [0.29, 0.717) is 10.7 Å². The molecule has 0 bridgehead atoms. The molecule has 2 N–H and O–H groups in total. The van der Waals surface area contributed by atoms with Gasteiger partial charge in [-0.1, -0.05) is 23.7 Å². The van der Waals surface area contributed by atoms with Crippen LogP contribution >= 0.6 is 22.9 Å². The van der Waals surface area contributed by atoms with Crippen molar-refractivity contribution in [3.63, 3.8) is 0 Å². The Hall–Kier alpha value is -2.38. The number of rotatable bonds is 2. The number of carbonyl (C=O) groups excluding carboxylic acids is 1. The van der Waals surface area contributed by atoms with Gasteiger partial charge < -0.3 is 4.98 Å². The van der Waals surface area contributed by atoms with E-state index in [-0.39, 0.29) is 11.9 Å². The van der Waals surface area contributed by atoms with Crippen LogP contribution < -0.4 is 5.32 Å². The fourth-order valence-electron chi connectivity index (χ4n) is 2.26. The summed E-state index contributed by atoms with van der Waals surface area (Å²) in [4.78, 5) is 20.3. The third-order valence-electron chi connectivity index (χ3n) is 3.32. The first-order valence-electron chi connectivity index (χ1n) is 6.51. The summed E-state index contributed by atoms with van der Waals surface area (Å²) in [6.45, 7) is 1.93. The van der Waals surface area contributed by atoms with Crippen molar-refractivity contribution >= 4 is 50.7 Å². The first kappa shape index (κ1) is 13.3. The fraction of sp³-hybridized carbons (Fsp3) is 0.0714. The van der Waals surface area contributed by atoms with Crippen molar-refractivity contribution in [3.05, 3.63) is 46.1 Å². The normalized spacial score (nSPS) is 11.4. The van der Waals surface area contributed by atoms with Crippen LogP contribution in [0.4, 0.5) is 5.95 Å². The van der Waals surface area contributed by atoms with E-state index in [2.05, 4.69) is 20.4 Å². The van der Waals surface area contributed by atoms with E-state index in [1.54, 1.807) is 16.6 Å². The number of nitrogens with zero attached hydrogens (tertiary/aromatic N) is 3. The number of carbonyl (C=O) groups is 1. The minimum absolute atomic E-state index is 0.282. The minimum Gasteiger partial charge on any atom is -0.349 e. The maximum atomic E-state index is 12.3. The first-order chi connectivity index (χ1) is 10.6. The van der Waals surface area contributed by atoms with Gasteiger partial charge in [-0.15, -0.1) is 16.4 Å². The van der Waals surface area contributed by atoms with Crippen molar-refractivity contribution in [3.8, 4) is 0 Å². The van der Waals surface area contributed by atoms with E-state index < -0.39 is 0 Å². The number of para-hydroxylation sites is 1. The molecular formula is C14H10ClN5OS. The van der Waals surface area contributed by atoms with Crippen LogP contribution in [0.15, 0.2) is 29.6 Å². The number of amides is 1. The van der Waals surface area contributed by atoms with Crippen LogP contribution in [-0.2, 0) is 0 Å². The number of hydrogen-bond donors (Lipinski definition) is 2. The first-order valence-corrected chi connectivity index (χ1v) is 7.77. The van der Waals surface area contributed by atoms with Crippen molar-refractivity contribution in [2.45, 2.75) is 6.92 Å². The molecule has 6 nitrogen and oxygen atoms in total. The van der Waals surface area contributed by atoms with Gasteiger partial charge in [0.15, 0.2) is 0 Å². The van der Waals surface area contributed by atoms with Crippen LogP contribution in [0.25, 0.3) is 15.9 Å². The molecule has 22 heavy (non-hydrogen) atoms. The summed E-state index contributed by atoms with van der Waals surface area (Å²) in [5.74, 6) is -0.0205. The molecule has 1 aromatic carbocycles. The molecule has 0 saturated carbocycles. The summed E-state index contributed by atoms with van der Waals surface area (Å²) in [5.41, 5.74) is 2.13. The zero-order valence-corrected chi connectivity index (χ0v) is 13.0. The number of halogens is 1. The van der Waals surface area contributed by atoms with Gasteiger partial charge in [-0.05, 0) is 19.1 Å². The zero-order valence-electron chi connectivity index (χ0n) is 11.4. The lowest BCUT2D eigenvalue weighted by atomic mass is 10.2. The monoisotopic (exact) mass is 331 g/mol. The molecule has 1 amide bonds. The molecule has 0 unspecified atom stereocenters. The van der Waals surface area contributed by atoms with Crippen molar-refractivity contribution in [2.24, 2.45) is 0 Å². The van der Waals surface area contributed by atoms with Gasteiger partial charge in [0.1, 0.15) is 5.69 Å². The van der Waals surface area contributed by atoms with Crippen molar-refractivity contribution < 1.29 is 4.79 Å². The molecule has 3 heterocycles. The SMILES string of the molecule is Cc1csc2nc(NC(=O)c3cc4cccc(Cl)c4[nH]3)nn12. The molecule has 0 aliphatic heterocycles. The Morgan fingerprint density at radius 3 is 3.09 bits per heavy atom. The Bertz CT molecular complexity index is 1010. The number of fused-ring (bicyclic) bond motifs is 2. The number of hydrogen-bond acceptors (Lipinski definition) is 4. The van der Waals surface area contributed by atoms with Gasteiger partial charge in [-0.3, -0.25) is 10.1 Å². The van der Waals surface area contributed by atoms with E-state index in [1.807, 2.05) is 24.4 Å². The Morgan fingerprint density at radius 1 is 1.45 bits per heavy atom. The summed E-state index contributed by atoms with van der Waals surface area (Å²) in [6, 6.07) is 7.26. The highest BCUT2D eigenvalue weighted by atomic mass is 35.5. The van der Waals surface area contributed by atoms with Crippen LogP contribution in [0, 0.1) is 6.92 Å². The van der Waals surface area contributed by atoms with Gasteiger partial charge in [-0.2, -0.15) is 4.98 Å². The van der Waals surface area contributed by atoms with Crippen LogP contribution in [0.3, 0.4) is 0 Å². The maximum absolute atomic E-state index is 12.3. The predicted octanol–water partition coefficient (Wildman–Crippen LogP) is 3.49. The van der Waals surface area contributed by atoms with Crippen LogP contribution in [0.1, 0.15) is 16.2 Å². The second kappa shape index (κ2) is 4.82. The van der Waals surface area contributed by atoms with E-state index in [1.165, 1.54) is 11.3 Å². The van der Waals surface area contributed by atoms with E-state index in [4.69, 9.17) is 11.6 Å². The summed E-state index contributed by atoms with van der Waals surface area (Å²) >= 11 is 7.58. The molecule has 0 radical (unpaired) electrons. The number of aryl methyl sites for hydroxylation is 1. The molecule has 0 atom stereocenters. The molecule has 4 rings (SSSR count). The predicted molar refractivity (Wildman–Crippen MR) is 86.9 cm³/mol. The summed E-state index contributed by atoms with van der Waals surface area (Å²) in [6.07, 6.45) is 0. The largest absolute Gasteiger partial charge is 0.349 e. The Labute approximate surface area is 133 Å². The highest BCUT2D eigenvalue weighted by molar-refractivity contribution is 7.15. The molecule has 0 aliphatic carbocycles. The van der Waals surface area contributed by atoms with E-state index in [0.717, 1.165) is 21.6 Å². The molecule has 0 aliphatic rings. The molecule has 8 heteroatoms. The lowest BCUT2D eigenvalue weighted by Gasteiger charge is -1.97. The molecule has 110 valence electrons. The average molecular weight is 332 g/mol. The number of benzene rings is 1. The van der Waals surface area contributed by atoms with Crippen molar-refractivity contribution in [2.75, 3.05) is 5.32 Å². The lowest BCUT2D eigenvalue weighted by Crippen LogP contribution is -2.13. The smallest absolute Gasteiger partial charge is 0.274 e. The molecule has 0 spiro atoms. The van der Waals surface area contributed by atoms with Crippen LogP contribution in [0.5, 0.6) is 0 Å². The quantitative estimate of drug-likeness (QED) is 0.590. The second-order valence-corrected chi connectivity index (χ2v) is 6.09. The number of H-pyrrole nitrogens is 1. The Balaban J connectivity index is 1.66. The number of anilines is 1. The second-order valence-electron chi connectivity index (χ2n) is 4.85. The van der Waals surface area contributed by atoms with Gasteiger partial charge >= 0.3 is 0 Å². The van der Waals surface area contributed by atoms with E-state index >= 15 is 0 Å². The summed E-state index contributed by atoms with van der Waals surface area (Å²) in [5, 5.41) is 10.4. The third-order valence-corrected chi connectivity index (χ3v) is 4.57. The zero-order chi connectivity index (χ0) is 15.3. The van der Waals surface area contributed by atoms with E-state index in [9.17, 15) is 4.79 Å². The highest BCUT2D eigenvalue weighted by Crippen LogP contribution is 2.24. The van der Waals surface area contributed by atoms with Crippen LogP contribution in [-0.4, -0.2) is 25.5 Å². The van der Waals surface area contributed by atoms with Gasteiger partial charge in [0.2, 0.25) is 4.96 Å². The Kier molecular flexibility index (Phi) is 2.91. The topological polar surface area (TPSA) is 75.1 Å². The fourth-order valence-corrected chi connectivity index (χ4v) is 3.28. The molecule has 4 aromatic rings. The summed E-state index contributed by atoms with van der Waals surface area (Å²) in [7, 11) is 0. The molecule has 3 aromatic heterocycles. The average Bonchev–Trinajstić information content (AvgIpc) is 3.16. The summed E-state index contributed by atoms with van der Waals surface area (Å²) < 4.78 is 1.70. The van der Waals surface area contributed by atoms with Gasteiger partial charge in [0.05, 0.1) is 16.2 Å². The number of aromatic amines is 1. The highest BCUT2D eigenvalue weighted by Gasteiger charge is 2.14. The van der Waals surface area contributed by atoms with Gasteiger partial charge in [-0.25, -0.2) is 4.52 Å². The minimum atomic E-state index is -0.303. The lowest BCUT2D eigenvalue weighted by molar-refractivity contribution is 0.102. The van der Waals surface area contributed by atoms with Crippen molar-refractivity contribution in [1.82, 2.24) is 19.6 Å². The third kappa shape index (κ3) is 2.06. The molecule has 0 fully saturated rings. The number of aromatic nitrogens is 4. The number of nitrogens with one attached hydrogen (secondary N) is 2. The van der Waals surface area contributed by atoms with Gasteiger partial charge in [0.25, 0.3) is 11.9 Å². The van der Waals surface area contributed by atoms with Crippen LogP contribution in [0.2, 0.25) is 5.02 Å². The molecule has 0 saturated heterocycles. The molecular weight excluding hydrogens is 322 g/mol. The maximum Gasteiger partial charge on any atom is 0.274 e. The van der Waals surface area contributed by atoms with Gasteiger partial charge in [0, 0.05) is 10.8 Å². The standard InChI is InChI=1S/C14H10ClN5OS/c1-7-6-22-14-18-13(19-20(7)14)17-12(21)10-5-8-3-2-4-9(15)11(8)16-10/h2-6,16H,1H3,(H,17,19,21). The Morgan fingerprint density at radius 2 is 2.32 bits per heavy atom. The van der Waals surface area contributed by atoms with Crippen molar-refractivity contribution in [1.29, 1.82) is 0 Å².